The zero-order valence-corrected chi connectivity index (χ0v) is 9.83. The highest BCUT2D eigenvalue weighted by Crippen LogP contribution is 2.29. The summed E-state index contributed by atoms with van der Waals surface area (Å²) >= 11 is 0. The van der Waals surface area contributed by atoms with Gasteiger partial charge in [0.15, 0.2) is 0 Å². The van der Waals surface area contributed by atoms with Crippen LogP contribution in [0.25, 0.3) is 0 Å². The van der Waals surface area contributed by atoms with Crippen LogP contribution in [0.1, 0.15) is 38.4 Å². The maximum atomic E-state index is 5.51. The Morgan fingerprint density at radius 2 is 2.07 bits per heavy atom. The zero-order valence-electron chi connectivity index (χ0n) is 9.83. The lowest BCUT2D eigenvalue weighted by Crippen LogP contribution is -2.28. The summed E-state index contributed by atoms with van der Waals surface area (Å²) < 4.78 is 10.6. The minimum atomic E-state index is -0.407. The molecule has 0 radical (unpaired) electrons. The van der Waals surface area contributed by atoms with Crippen LogP contribution in [0.15, 0.2) is 4.52 Å². The van der Waals surface area contributed by atoms with E-state index in [-0.39, 0.29) is 0 Å². The molecule has 0 bridgehead atoms. The van der Waals surface area contributed by atoms with Crippen molar-refractivity contribution in [3.05, 3.63) is 11.7 Å². The molecule has 1 aromatic heterocycles. The summed E-state index contributed by atoms with van der Waals surface area (Å²) in [7, 11) is 3.52. The fourth-order valence-electron chi connectivity index (χ4n) is 1.61. The number of hydrogen-bond acceptors (Lipinski definition) is 5. The van der Waals surface area contributed by atoms with Crippen molar-refractivity contribution < 1.29 is 9.26 Å². The summed E-state index contributed by atoms with van der Waals surface area (Å²) in [6.45, 7) is 4.70. The van der Waals surface area contributed by atoms with Gasteiger partial charge in [0.05, 0.1) is 6.54 Å². The molecule has 1 heterocycles. The van der Waals surface area contributed by atoms with Crippen LogP contribution in [0.4, 0.5) is 0 Å². The zero-order chi connectivity index (χ0) is 11.3. The lowest BCUT2D eigenvalue weighted by atomic mass is 9.96. The van der Waals surface area contributed by atoms with Gasteiger partial charge in [-0.2, -0.15) is 4.98 Å². The predicted molar refractivity (Wildman–Crippen MR) is 56.3 cm³/mol. The molecule has 0 spiro atoms. The molecule has 0 atom stereocenters. The maximum absolute atomic E-state index is 5.51. The third kappa shape index (κ3) is 2.35. The lowest BCUT2D eigenvalue weighted by molar-refractivity contribution is -0.0306. The van der Waals surface area contributed by atoms with Crippen molar-refractivity contribution in [3.63, 3.8) is 0 Å². The average Bonchev–Trinajstić information content (AvgIpc) is 2.71. The quantitative estimate of drug-likeness (QED) is 0.775. The van der Waals surface area contributed by atoms with Gasteiger partial charge in [-0.05, 0) is 19.9 Å². The van der Waals surface area contributed by atoms with Crippen molar-refractivity contribution in [1.82, 2.24) is 15.5 Å². The highest BCUT2D eigenvalue weighted by molar-refractivity contribution is 5.00. The van der Waals surface area contributed by atoms with Crippen molar-refractivity contribution in [2.24, 2.45) is 0 Å². The Morgan fingerprint density at radius 3 is 2.53 bits per heavy atom. The maximum Gasteiger partial charge on any atom is 0.240 e. The molecule has 5 nitrogen and oxygen atoms in total. The Morgan fingerprint density at radius 1 is 1.40 bits per heavy atom. The molecular formula is C10H19N3O2. The van der Waals surface area contributed by atoms with E-state index in [1.807, 2.05) is 7.05 Å². The van der Waals surface area contributed by atoms with Gasteiger partial charge in [0.1, 0.15) is 5.60 Å². The van der Waals surface area contributed by atoms with Crippen LogP contribution >= 0.6 is 0 Å². The standard InChI is InChI=1S/C10H19N3O2/c1-5-10(6-2,14-4)9-12-8(7-11-3)15-13-9/h11H,5-7H2,1-4H3. The molecule has 0 unspecified atom stereocenters. The molecule has 0 aliphatic carbocycles. The monoisotopic (exact) mass is 213 g/mol. The highest BCUT2D eigenvalue weighted by atomic mass is 16.5. The first kappa shape index (κ1) is 12.1. The van der Waals surface area contributed by atoms with Gasteiger partial charge in [-0.1, -0.05) is 19.0 Å². The van der Waals surface area contributed by atoms with Gasteiger partial charge in [0.25, 0.3) is 0 Å². The second kappa shape index (κ2) is 5.23. The van der Waals surface area contributed by atoms with Crippen molar-refractivity contribution in [3.8, 4) is 0 Å². The Labute approximate surface area is 90.2 Å². The molecule has 86 valence electrons. The first-order chi connectivity index (χ1) is 7.22. The van der Waals surface area contributed by atoms with Crippen molar-refractivity contribution >= 4 is 0 Å². The van der Waals surface area contributed by atoms with Crippen molar-refractivity contribution in [1.29, 1.82) is 0 Å². The largest absolute Gasteiger partial charge is 0.370 e. The molecule has 1 rings (SSSR count). The van der Waals surface area contributed by atoms with Gasteiger partial charge in [0.2, 0.25) is 11.7 Å². The molecule has 0 saturated heterocycles. The minimum absolute atomic E-state index is 0.407. The normalized spacial score (nSPS) is 12.0. The highest BCUT2D eigenvalue weighted by Gasteiger charge is 2.33. The number of rotatable bonds is 6. The van der Waals surface area contributed by atoms with E-state index < -0.39 is 5.60 Å². The van der Waals surface area contributed by atoms with Crippen LogP contribution in [0.5, 0.6) is 0 Å². The molecule has 0 aromatic carbocycles. The Hall–Kier alpha value is -0.940. The summed E-state index contributed by atoms with van der Waals surface area (Å²) in [5, 5.41) is 6.93. The molecule has 0 aliphatic heterocycles. The number of hydrogen-bond donors (Lipinski definition) is 1. The van der Waals surface area contributed by atoms with E-state index in [2.05, 4.69) is 29.3 Å². The Kier molecular flexibility index (Phi) is 4.23. The first-order valence-corrected chi connectivity index (χ1v) is 5.25. The smallest absolute Gasteiger partial charge is 0.240 e. The SMILES string of the molecule is CCC(CC)(OC)c1noc(CNC)n1. The summed E-state index contributed by atoms with van der Waals surface area (Å²) in [5.41, 5.74) is -0.407. The van der Waals surface area contributed by atoms with Crippen LogP contribution in [0.2, 0.25) is 0 Å². The predicted octanol–water partition coefficient (Wildman–Crippen LogP) is 1.45. The second-order valence-corrected chi connectivity index (χ2v) is 3.45. The second-order valence-electron chi connectivity index (χ2n) is 3.45. The molecule has 5 heteroatoms. The molecule has 0 aliphatic rings. The lowest BCUT2D eigenvalue weighted by Gasteiger charge is -2.25. The van der Waals surface area contributed by atoms with Gasteiger partial charge in [0, 0.05) is 7.11 Å². The number of methoxy groups -OCH3 is 1. The minimum Gasteiger partial charge on any atom is -0.370 e. The Bertz CT molecular complexity index is 286. The van der Waals surface area contributed by atoms with Crippen molar-refractivity contribution in [2.45, 2.75) is 38.8 Å². The summed E-state index contributed by atoms with van der Waals surface area (Å²) in [6, 6.07) is 0. The molecule has 1 aromatic rings. The molecular weight excluding hydrogens is 194 g/mol. The van der Waals surface area contributed by atoms with Crippen LogP contribution in [-0.4, -0.2) is 24.3 Å². The molecule has 1 N–H and O–H groups in total. The number of ether oxygens (including phenoxy) is 1. The summed E-state index contributed by atoms with van der Waals surface area (Å²) in [5.74, 6) is 1.23. The number of nitrogens with one attached hydrogen (secondary N) is 1. The van der Waals surface area contributed by atoms with E-state index in [0.29, 0.717) is 18.3 Å². The van der Waals surface area contributed by atoms with Gasteiger partial charge < -0.3 is 14.6 Å². The van der Waals surface area contributed by atoms with E-state index in [9.17, 15) is 0 Å². The van der Waals surface area contributed by atoms with E-state index >= 15 is 0 Å². The number of nitrogens with zero attached hydrogens (tertiary/aromatic N) is 2. The number of aromatic nitrogens is 2. The fourth-order valence-corrected chi connectivity index (χ4v) is 1.61. The summed E-state index contributed by atoms with van der Waals surface area (Å²) in [6.07, 6.45) is 1.66. The fraction of sp³-hybridized carbons (Fsp3) is 0.800. The van der Waals surface area contributed by atoms with Gasteiger partial charge in [-0.15, -0.1) is 0 Å². The average molecular weight is 213 g/mol. The molecule has 0 fully saturated rings. The van der Waals surface area contributed by atoms with E-state index in [1.54, 1.807) is 7.11 Å². The summed E-state index contributed by atoms with van der Waals surface area (Å²) in [4.78, 5) is 4.32. The first-order valence-electron chi connectivity index (χ1n) is 5.25. The molecule has 0 amide bonds. The van der Waals surface area contributed by atoms with E-state index in [4.69, 9.17) is 9.26 Å². The third-order valence-electron chi connectivity index (χ3n) is 2.74. The van der Waals surface area contributed by atoms with Gasteiger partial charge >= 0.3 is 0 Å². The Balaban J connectivity index is 2.91. The van der Waals surface area contributed by atoms with Gasteiger partial charge in [-0.3, -0.25) is 0 Å². The van der Waals surface area contributed by atoms with Gasteiger partial charge in [-0.25, -0.2) is 0 Å². The van der Waals surface area contributed by atoms with Crippen LogP contribution < -0.4 is 5.32 Å². The molecule has 15 heavy (non-hydrogen) atoms. The molecule has 0 saturated carbocycles. The van der Waals surface area contributed by atoms with Crippen LogP contribution in [-0.2, 0) is 16.9 Å². The topological polar surface area (TPSA) is 60.2 Å². The third-order valence-corrected chi connectivity index (χ3v) is 2.74. The van der Waals surface area contributed by atoms with Crippen molar-refractivity contribution in [2.75, 3.05) is 14.2 Å². The van der Waals surface area contributed by atoms with E-state index in [1.165, 1.54) is 0 Å². The van der Waals surface area contributed by atoms with Crippen LogP contribution in [0, 0.1) is 0 Å². The van der Waals surface area contributed by atoms with Crippen LogP contribution in [0.3, 0.4) is 0 Å². The van der Waals surface area contributed by atoms with E-state index in [0.717, 1.165) is 12.8 Å².